The molecule has 64 heavy (non-hydrogen) atoms. The fraction of sp³-hybridized carbons (Fsp3) is 0.945. The highest BCUT2D eigenvalue weighted by Gasteiger charge is 2.25. The van der Waals surface area contributed by atoms with E-state index in [2.05, 4.69) is 13.8 Å². The summed E-state index contributed by atoms with van der Waals surface area (Å²) in [4.78, 5) is 37.2. The van der Waals surface area contributed by atoms with Gasteiger partial charge in [-0.3, -0.25) is 9.59 Å². The second-order valence-electron chi connectivity index (χ2n) is 20.3. The van der Waals surface area contributed by atoms with Crippen LogP contribution in [0.25, 0.3) is 0 Å². The Morgan fingerprint density at radius 2 is 0.703 bits per heavy atom. The van der Waals surface area contributed by atoms with Gasteiger partial charge in [0.15, 0.2) is 6.10 Å². The van der Waals surface area contributed by atoms with Crippen molar-refractivity contribution in [2.45, 2.75) is 289 Å². The van der Waals surface area contributed by atoms with Gasteiger partial charge in [0.1, 0.15) is 13.2 Å². The van der Waals surface area contributed by atoms with Gasteiger partial charge in [-0.15, -0.1) is 0 Å². The average Bonchev–Trinajstić information content (AvgIpc) is 3.26. The first kappa shape index (κ1) is 62.3. The van der Waals surface area contributed by atoms with E-state index in [0.29, 0.717) is 17.4 Å². The van der Waals surface area contributed by atoms with Crippen LogP contribution >= 0.6 is 0 Å². The Morgan fingerprint density at radius 3 is 1.00 bits per heavy atom. The summed E-state index contributed by atoms with van der Waals surface area (Å²) < 4.78 is 22.8. The number of hydrogen-bond acceptors (Lipinski definition) is 7. The van der Waals surface area contributed by atoms with Crippen LogP contribution in [-0.4, -0.2) is 87.4 Å². The molecule has 0 aromatic carbocycles. The molecule has 0 aliphatic carbocycles. The van der Waals surface area contributed by atoms with Crippen molar-refractivity contribution >= 4 is 17.9 Å². The molecule has 0 aliphatic rings. The third-order valence-electron chi connectivity index (χ3n) is 12.6. The standard InChI is InChI=1S/C55H107NO8/c1-6-8-10-12-14-16-18-19-20-21-22-23-24-25-26-27-28-29-30-31-32-33-34-35-36-38-40-42-44-46-53(58)64-51(50-63-55(54(59)60)61-48-47-56(3,4)5)49-62-52(57)45-43-41-39-37-17-15-13-11-9-7-2/h51,55H,6-50H2,1-5H3/p+1. The molecule has 9 nitrogen and oxygen atoms in total. The second kappa shape index (κ2) is 47.8. The molecule has 0 fully saturated rings. The molecule has 0 radical (unpaired) electrons. The van der Waals surface area contributed by atoms with Crippen LogP contribution in [0.4, 0.5) is 0 Å². The van der Waals surface area contributed by atoms with Crippen LogP contribution in [0.1, 0.15) is 277 Å². The van der Waals surface area contributed by atoms with Gasteiger partial charge in [0.25, 0.3) is 6.29 Å². The number of carbonyl (C=O) groups excluding carboxylic acids is 2. The molecule has 9 heteroatoms. The summed E-state index contributed by atoms with van der Waals surface area (Å²) in [6, 6.07) is 0. The largest absolute Gasteiger partial charge is 0.477 e. The van der Waals surface area contributed by atoms with E-state index in [4.69, 9.17) is 18.9 Å². The first-order valence-electron chi connectivity index (χ1n) is 27.7. The SMILES string of the molecule is CCCCCCCCCCCCCCCCCCCCCCCCCCCCCCCC(=O)OC(COC(=O)CCCCCCCCCCCC)COC(OCC[N+](C)(C)C)C(=O)O. The quantitative estimate of drug-likeness (QED) is 0.0278. The fourth-order valence-corrected chi connectivity index (χ4v) is 8.31. The number of unbranched alkanes of at least 4 members (excludes halogenated alkanes) is 37. The molecule has 0 heterocycles. The molecule has 2 atom stereocenters. The summed E-state index contributed by atoms with van der Waals surface area (Å²) in [6.45, 7) is 4.91. The first-order chi connectivity index (χ1) is 31.1. The molecular formula is C55H108NO8+. The number of ether oxygens (including phenoxy) is 4. The van der Waals surface area contributed by atoms with Gasteiger partial charge in [-0.1, -0.05) is 251 Å². The van der Waals surface area contributed by atoms with E-state index in [-0.39, 0.29) is 38.2 Å². The maximum Gasteiger partial charge on any atom is 0.361 e. The predicted octanol–water partition coefficient (Wildman–Crippen LogP) is 15.6. The maximum absolute atomic E-state index is 12.8. The summed E-state index contributed by atoms with van der Waals surface area (Å²) in [5.41, 5.74) is 0. The molecule has 0 amide bonds. The van der Waals surface area contributed by atoms with E-state index < -0.39 is 18.4 Å². The summed E-state index contributed by atoms with van der Waals surface area (Å²) in [5.74, 6) is -1.98. The number of carbonyl (C=O) groups is 3. The zero-order valence-electron chi connectivity index (χ0n) is 43.2. The van der Waals surface area contributed by atoms with Crippen molar-refractivity contribution in [2.75, 3.05) is 47.5 Å². The van der Waals surface area contributed by atoms with Crippen molar-refractivity contribution in [3.8, 4) is 0 Å². The molecular weight excluding hydrogens is 803 g/mol. The Hall–Kier alpha value is -1.71. The first-order valence-corrected chi connectivity index (χ1v) is 27.7. The van der Waals surface area contributed by atoms with Crippen LogP contribution in [0.5, 0.6) is 0 Å². The van der Waals surface area contributed by atoms with Gasteiger partial charge in [-0.05, 0) is 12.8 Å². The third kappa shape index (κ3) is 48.2. The van der Waals surface area contributed by atoms with Crippen molar-refractivity contribution < 1.29 is 42.9 Å². The number of carboxylic acids is 1. The lowest BCUT2D eigenvalue weighted by Gasteiger charge is -2.25. The number of rotatable bonds is 52. The van der Waals surface area contributed by atoms with E-state index in [9.17, 15) is 19.5 Å². The van der Waals surface area contributed by atoms with Gasteiger partial charge in [-0.25, -0.2) is 4.79 Å². The zero-order chi connectivity index (χ0) is 47.0. The molecule has 1 N–H and O–H groups in total. The molecule has 2 unspecified atom stereocenters. The number of aliphatic carboxylic acids is 1. The molecule has 380 valence electrons. The molecule has 0 aromatic heterocycles. The monoisotopic (exact) mass is 911 g/mol. The van der Waals surface area contributed by atoms with Gasteiger partial charge in [-0.2, -0.15) is 0 Å². The van der Waals surface area contributed by atoms with Crippen molar-refractivity contribution in [3.63, 3.8) is 0 Å². The van der Waals surface area contributed by atoms with E-state index in [0.717, 1.165) is 38.5 Å². The van der Waals surface area contributed by atoms with Gasteiger partial charge < -0.3 is 28.5 Å². The lowest BCUT2D eigenvalue weighted by molar-refractivity contribution is -0.870. The van der Waals surface area contributed by atoms with Crippen LogP contribution in [0.3, 0.4) is 0 Å². The Balaban J connectivity index is 4.04. The molecule has 0 aliphatic heterocycles. The average molecular weight is 911 g/mol. The van der Waals surface area contributed by atoms with Gasteiger partial charge in [0, 0.05) is 12.8 Å². The zero-order valence-corrected chi connectivity index (χ0v) is 43.2. The Morgan fingerprint density at radius 1 is 0.406 bits per heavy atom. The fourth-order valence-electron chi connectivity index (χ4n) is 8.31. The van der Waals surface area contributed by atoms with Gasteiger partial charge >= 0.3 is 17.9 Å². The summed E-state index contributed by atoms with van der Waals surface area (Å²) in [6.07, 6.45) is 49.1. The minimum absolute atomic E-state index is 0.173. The molecule has 0 saturated heterocycles. The van der Waals surface area contributed by atoms with Crippen molar-refractivity contribution in [1.29, 1.82) is 0 Å². The topological polar surface area (TPSA) is 108 Å². The number of likely N-dealkylation sites (N-methyl/N-ethyl adjacent to an activating group) is 1. The van der Waals surface area contributed by atoms with E-state index in [1.807, 2.05) is 21.1 Å². The summed E-state index contributed by atoms with van der Waals surface area (Å²) in [7, 11) is 5.97. The second-order valence-corrected chi connectivity index (χ2v) is 20.3. The van der Waals surface area contributed by atoms with Crippen LogP contribution in [0, 0.1) is 0 Å². The molecule has 0 rings (SSSR count). The summed E-state index contributed by atoms with van der Waals surface area (Å²) >= 11 is 0. The van der Waals surface area contributed by atoms with E-state index in [1.54, 1.807) is 0 Å². The molecule has 0 aromatic rings. The number of hydrogen-bond donors (Lipinski definition) is 1. The number of quaternary nitrogens is 1. The lowest BCUT2D eigenvalue weighted by Crippen LogP contribution is -2.40. The summed E-state index contributed by atoms with van der Waals surface area (Å²) in [5, 5.41) is 9.66. The van der Waals surface area contributed by atoms with Crippen molar-refractivity contribution in [1.82, 2.24) is 0 Å². The molecule has 0 bridgehead atoms. The van der Waals surface area contributed by atoms with Crippen LogP contribution < -0.4 is 0 Å². The highest BCUT2D eigenvalue weighted by molar-refractivity contribution is 5.71. The highest BCUT2D eigenvalue weighted by Crippen LogP contribution is 2.18. The molecule has 0 spiro atoms. The van der Waals surface area contributed by atoms with Gasteiger partial charge in [0.05, 0.1) is 34.4 Å². The van der Waals surface area contributed by atoms with Crippen LogP contribution in [-0.2, 0) is 33.3 Å². The Bertz CT molecular complexity index is 1020. The number of carboxylic acid groups (broad SMARTS) is 1. The van der Waals surface area contributed by atoms with Crippen molar-refractivity contribution in [3.05, 3.63) is 0 Å². The Kier molecular flexibility index (Phi) is 46.5. The minimum Gasteiger partial charge on any atom is -0.477 e. The van der Waals surface area contributed by atoms with E-state index in [1.165, 1.54) is 212 Å². The highest BCUT2D eigenvalue weighted by atomic mass is 16.7. The Labute approximate surface area is 396 Å². The molecule has 0 saturated carbocycles. The van der Waals surface area contributed by atoms with E-state index >= 15 is 0 Å². The third-order valence-corrected chi connectivity index (χ3v) is 12.6. The smallest absolute Gasteiger partial charge is 0.361 e. The van der Waals surface area contributed by atoms with Crippen LogP contribution in [0.15, 0.2) is 0 Å². The van der Waals surface area contributed by atoms with Crippen LogP contribution in [0.2, 0.25) is 0 Å². The maximum atomic E-state index is 12.8. The predicted molar refractivity (Wildman–Crippen MR) is 268 cm³/mol. The van der Waals surface area contributed by atoms with Gasteiger partial charge in [0.2, 0.25) is 0 Å². The van der Waals surface area contributed by atoms with Crippen molar-refractivity contribution in [2.24, 2.45) is 0 Å². The lowest BCUT2D eigenvalue weighted by atomic mass is 10.0. The normalized spacial score (nSPS) is 12.7. The number of esters is 2. The minimum atomic E-state index is -1.50. The number of nitrogens with zero attached hydrogens (tertiary/aromatic N) is 1.